The highest BCUT2D eigenvalue weighted by Crippen LogP contribution is 2.41. The minimum Gasteiger partial charge on any atom is -0.477 e. The van der Waals surface area contributed by atoms with Crippen LogP contribution in [0.15, 0.2) is 6.20 Å². The predicted octanol–water partition coefficient (Wildman–Crippen LogP) is 4.19. The maximum absolute atomic E-state index is 11.6. The summed E-state index contributed by atoms with van der Waals surface area (Å²) in [5.74, 6) is 1.28. The Balaban J connectivity index is 1.94. The number of hydrogen-bond donors (Lipinski definition) is 1. The molecule has 0 bridgehead atoms. The van der Waals surface area contributed by atoms with Crippen molar-refractivity contribution in [2.24, 2.45) is 0 Å². The largest absolute Gasteiger partial charge is 0.477 e. The molecule has 1 aromatic heterocycles. The Hall–Kier alpha value is -1.58. The number of fused-ring (bicyclic) bond motifs is 1. The standard InChI is InChI=1S/C18H26N2O2/c1-13(21)20-16-12-19-18-15(10-11-22-18)17(16)14-8-6-4-2-3-5-7-9-14/h12,14H,2-11H2,1H3,(H,20,21). The van der Waals surface area contributed by atoms with Crippen molar-refractivity contribution in [3.63, 3.8) is 0 Å². The molecule has 2 heterocycles. The lowest BCUT2D eigenvalue weighted by Crippen LogP contribution is -2.13. The highest BCUT2D eigenvalue weighted by atomic mass is 16.5. The number of ether oxygens (including phenoxy) is 1. The molecule has 1 N–H and O–H groups in total. The minimum absolute atomic E-state index is 0.0232. The highest BCUT2D eigenvalue weighted by Gasteiger charge is 2.26. The molecule has 1 aromatic rings. The summed E-state index contributed by atoms with van der Waals surface area (Å²) < 4.78 is 5.65. The number of hydrogen-bond acceptors (Lipinski definition) is 3. The lowest BCUT2D eigenvalue weighted by Gasteiger charge is -2.22. The van der Waals surface area contributed by atoms with Crippen molar-refractivity contribution in [2.45, 2.75) is 70.6 Å². The zero-order valence-electron chi connectivity index (χ0n) is 13.5. The Labute approximate surface area is 132 Å². The summed E-state index contributed by atoms with van der Waals surface area (Å²) in [7, 11) is 0. The molecule has 4 nitrogen and oxygen atoms in total. The van der Waals surface area contributed by atoms with E-state index in [1.807, 2.05) is 0 Å². The molecular weight excluding hydrogens is 276 g/mol. The Morgan fingerprint density at radius 1 is 1.18 bits per heavy atom. The second-order valence-electron chi connectivity index (χ2n) is 6.54. The second-order valence-corrected chi connectivity index (χ2v) is 6.54. The summed E-state index contributed by atoms with van der Waals surface area (Å²) in [5, 5.41) is 3.00. The number of aromatic nitrogens is 1. The first kappa shape index (κ1) is 15.3. The van der Waals surface area contributed by atoms with Crippen molar-refractivity contribution in [3.05, 3.63) is 17.3 Å². The van der Waals surface area contributed by atoms with Crippen molar-refractivity contribution in [1.82, 2.24) is 4.98 Å². The zero-order chi connectivity index (χ0) is 15.4. The third kappa shape index (κ3) is 3.42. The fourth-order valence-electron chi connectivity index (χ4n) is 3.84. The minimum atomic E-state index is -0.0232. The Kier molecular flexibility index (Phi) is 4.96. The number of rotatable bonds is 2. The van der Waals surface area contributed by atoms with Gasteiger partial charge in [-0.15, -0.1) is 0 Å². The van der Waals surface area contributed by atoms with Crippen LogP contribution in [-0.4, -0.2) is 17.5 Å². The van der Waals surface area contributed by atoms with Crippen LogP contribution in [0.2, 0.25) is 0 Å². The lowest BCUT2D eigenvalue weighted by molar-refractivity contribution is -0.114. The van der Waals surface area contributed by atoms with Crippen LogP contribution in [0.4, 0.5) is 5.69 Å². The molecule has 0 aromatic carbocycles. The van der Waals surface area contributed by atoms with Crippen molar-refractivity contribution in [3.8, 4) is 5.88 Å². The highest BCUT2D eigenvalue weighted by molar-refractivity contribution is 5.89. The molecule has 1 aliphatic carbocycles. The van der Waals surface area contributed by atoms with Crippen LogP contribution in [0, 0.1) is 0 Å². The molecule has 1 aliphatic heterocycles. The molecule has 4 heteroatoms. The Morgan fingerprint density at radius 3 is 2.55 bits per heavy atom. The average Bonchev–Trinajstić information content (AvgIpc) is 2.99. The molecule has 1 saturated carbocycles. The van der Waals surface area contributed by atoms with Crippen LogP contribution in [0.1, 0.15) is 75.3 Å². The third-order valence-corrected chi connectivity index (χ3v) is 4.85. The van der Waals surface area contributed by atoms with Crippen molar-refractivity contribution in [1.29, 1.82) is 0 Å². The second kappa shape index (κ2) is 7.12. The lowest BCUT2D eigenvalue weighted by atomic mass is 9.85. The number of carbonyl (C=O) groups is 1. The molecule has 2 aliphatic rings. The number of carbonyl (C=O) groups excluding carboxylic acids is 1. The van der Waals surface area contributed by atoms with Gasteiger partial charge in [-0.25, -0.2) is 4.98 Å². The number of nitrogens with zero attached hydrogens (tertiary/aromatic N) is 1. The van der Waals surface area contributed by atoms with Gasteiger partial charge in [-0.1, -0.05) is 38.5 Å². The van der Waals surface area contributed by atoms with Gasteiger partial charge in [-0.2, -0.15) is 0 Å². The monoisotopic (exact) mass is 302 g/mol. The van der Waals surface area contributed by atoms with E-state index >= 15 is 0 Å². The van der Waals surface area contributed by atoms with Crippen molar-refractivity contribution < 1.29 is 9.53 Å². The maximum atomic E-state index is 11.6. The average molecular weight is 302 g/mol. The third-order valence-electron chi connectivity index (χ3n) is 4.85. The molecule has 0 unspecified atom stereocenters. The van der Waals surface area contributed by atoms with Gasteiger partial charge >= 0.3 is 0 Å². The maximum Gasteiger partial charge on any atom is 0.221 e. The van der Waals surface area contributed by atoms with E-state index in [-0.39, 0.29) is 5.91 Å². The van der Waals surface area contributed by atoms with E-state index in [1.165, 1.54) is 62.5 Å². The SMILES string of the molecule is CC(=O)Nc1cnc2c(c1C1CCCCCCCC1)CCO2. The quantitative estimate of drug-likeness (QED) is 0.891. The van der Waals surface area contributed by atoms with E-state index in [9.17, 15) is 4.79 Å². The van der Waals surface area contributed by atoms with Gasteiger partial charge in [-0.3, -0.25) is 4.79 Å². The first-order valence-electron chi connectivity index (χ1n) is 8.68. The van der Waals surface area contributed by atoms with Crippen LogP contribution in [0.25, 0.3) is 0 Å². The van der Waals surface area contributed by atoms with Gasteiger partial charge in [-0.05, 0) is 24.3 Å². The zero-order valence-corrected chi connectivity index (χ0v) is 13.5. The van der Waals surface area contributed by atoms with Crippen molar-refractivity contribution >= 4 is 11.6 Å². The topological polar surface area (TPSA) is 51.2 Å². The molecule has 0 radical (unpaired) electrons. The van der Waals surface area contributed by atoms with E-state index in [4.69, 9.17) is 4.74 Å². The molecule has 0 spiro atoms. The molecule has 3 rings (SSSR count). The van der Waals surface area contributed by atoms with Gasteiger partial charge in [0.2, 0.25) is 11.8 Å². The summed E-state index contributed by atoms with van der Waals surface area (Å²) in [6.07, 6.45) is 13.1. The fraction of sp³-hybridized carbons (Fsp3) is 0.667. The fourth-order valence-corrected chi connectivity index (χ4v) is 3.84. The Morgan fingerprint density at radius 2 is 1.86 bits per heavy atom. The summed E-state index contributed by atoms with van der Waals surface area (Å²) in [6.45, 7) is 2.28. The first-order chi connectivity index (χ1) is 10.8. The van der Waals surface area contributed by atoms with Crippen LogP contribution in [-0.2, 0) is 11.2 Å². The number of amides is 1. The van der Waals surface area contributed by atoms with E-state index in [1.54, 1.807) is 13.1 Å². The van der Waals surface area contributed by atoms with Gasteiger partial charge in [0.05, 0.1) is 18.5 Å². The number of anilines is 1. The first-order valence-corrected chi connectivity index (χ1v) is 8.68. The number of pyridine rings is 1. The summed E-state index contributed by atoms with van der Waals surface area (Å²) in [5.41, 5.74) is 3.44. The number of nitrogens with one attached hydrogen (secondary N) is 1. The van der Waals surface area contributed by atoms with Gasteiger partial charge in [0, 0.05) is 18.9 Å². The van der Waals surface area contributed by atoms with Gasteiger partial charge < -0.3 is 10.1 Å². The molecule has 0 atom stereocenters. The molecule has 1 fully saturated rings. The predicted molar refractivity (Wildman–Crippen MR) is 87.4 cm³/mol. The van der Waals surface area contributed by atoms with Crippen LogP contribution >= 0.6 is 0 Å². The molecule has 1 amide bonds. The van der Waals surface area contributed by atoms with Crippen LogP contribution in [0.5, 0.6) is 5.88 Å². The van der Waals surface area contributed by atoms with E-state index < -0.39 is 0 Å². The smallest absolute Gasteiger partial charge is 0.221 e. The van der Waals surface area contributed by atoms with E-state index in [2.05, 4.69) is 10.3 Å². The summed E-state index contributed by atoms with van der Waals surface area (Å²) in [4.78, 5) is 15.9. The van der Waals surface area contributed by atoms with E-state index in [0.717, 1.165) is 18.0 Å². The van der Waals surface area contributed by atoms with Gasteiger partial charge in [0.15, 0.2) is 0 Å². The van der Waals surface area contributed by atoms with E-state index in [0.29, 0.717) is 12.5 Å². The molecular formula is C18H26N2O2. The summed E-state index contributed by atoms with van der Waals surface area (Å²) in [6, 6.07) is 0. The normalized spacial score (nSPS) is 19.5. The van der Waals surface area contributed by atoms with Gasteiger partial charge in [0.25, 0.3) is 0 Å². The molecule has 22 heavy (non-hydrogen) atoms. The summed E-state index contributed by atoms with van der Waals surface area (Å²) >= 11 is 0. The van der Waals surface area contributed by atoms with Crippen LogP contribution < -0.4 is 10.1 Å². The van der Waals surface area contributed by atoms with Crippen molar-refractivity contribution in [2.75, 3.05) is 11.9 Å². The molecule has 0 saturated heterocycles. The van der Waals surface area contributed by atoms with Gasteiger partial charge in [0.1, 0.15) is 0 Å². The molecule has 120 valence electrons. The van der Waals surface area contributed by atoms with Crippen LogP contribution in [0.3, 0.4) is 0 Å². The Bertz CT molecular complexity index is 532.